The summed E-state index contributed by atoms with van der Waals surface area (Å²) in [7, 11) is 0. The number of carbonyl (C=O) groups is 3. The van der Waals surface area contributed by atoms with Gasteiger partial charge in [-0.05, 0) is 50.0 Å². The van der Waals surface area contributed by atoms with Crippen LogP contribution in [0.1, 0.15) is 46.0 Å². The van der Waals surface area contributed by atoms with Gasteiger partial charge in [-0.15, -0.1) is 0 Å². The number of Topliss-reactive ketones (excluding diaryl/α,β-unsaturated/α-hetero) is 3. The monoisotopic (exact) mass is 773 g/mol. The van der Waals surface area contributed by atoms with Crippen molar-refractivity contribution in [1.82, 2.24) is 0 Å². The number of carbonyl (C=O) groups excluding carboxylic acids is 3. The molecule has 0 aromatic rings. The minimum atomic E-state index is -0.0833. The van der Waals surface area contributed by atoms with Crippen LogP contribution in [0.25, 0.3) is 0 Å². The molecule has 0 aromatic carbocycles. The molecule has 0 N–H and O–H groups in total. The van der Waals surface area contributed by atoms with E-state index in [0.717, 1.165) is 12.8 Å². The van der Waals surface area contributed by atoms with E-state index in [4.69, 9.17) is 0 Å². The maximum atomic E-state index is 10.7. The molecule has 0 bridgehead atoms. The molecule has 1 saturated carbocycles. The smallest absolute Gasteiger partial charge is 0 e. The molecule has 0 unspecified atom stereocenters. The van der Waals surface area contributed by atoms with E-state index in [1.807, 2.05) is 0 Å². The van der Waals surface area contributed by atoms with Gasteiger partial charge in [0.2, 0.25) is 0 Å². The second kappa shape index (κ2) is 37.9. The summed E-state index contributed by atoms with van der Waals surface area (Å²) in [5, 5.41) is 0. The van der Waals surface area contributed by atoms with E-state index in [9.17, 15) is 14.4 Å². The first kappa shape index (κ1) is 51.2. The molecule has 3 nitrogen and oxygen atoms in total. The SMILES string of the molecule is [CH2-]C(=O)C1CCCCC1.[CH2-]C(C)=O.[CH2-]C(C)=O.[Y].[Y].[Y].[Y].[Y].[Y]. The van der Waals surface area contributed by atoms with Gasteiger partial charge in [-0.3, -0.25) is 0 Å². The Morgan fingerprint density at radius 1 is 0.652 bits per heavy atom. The van der Waals surface area contributed by atoms with Crippen LogP contribution in [0.3, 0.4) is 0 Å². The van der Waals surface area contributed by atoms with E-state index in [1.165, 1.54) is 33.1 Å². The predicted octanol–water partition coefficient (Wildman–Crippen LogP) is 2.77. The van der Waals surface area contributed by atoms with Crippen LogP contribution in [0.15, 0.2) is 0 Å². The molecule has 0 heterocycles. The Balaban J connectivity index is -0.0000000240. The molecule has 9 heteroatoms. The summed E-state index contributed by atoms with van der Waals surface area (Å²) in [5.74, 6) is 0.286. The Morgan fingerprint density at radius 2 is 0.870 bits per heavy atom. The van der Waals surface area contributed by atoms with Gasteiger partial charge in [-0.25, -0.2) is 0 Å². The molecule has 0 saturated heterocycles. The Morgan fingerprint density at radius 3 is 1.00 bits per heavy atom. The van der Waals surface area contributed by atoms with E-state index in [1.54, 1.807) is 0 Å². The Hall–Kier alpha value is 5.24. The molecular weight excluding hydrogens is 750 g/mol. The molecule has 0 aliphatic heterocycles. The van der Waals surface area contributed by atoms with Gasteiger partial charge in [0, 0.05) is 196 Å². The molecular formula is C14H23O3Y6-3. The zero-order chi connectivity index (χ0) is 13.8. The first-order chi connectivity index (χ1) is 7.77. The van der Waals surface area contributed by atoms with Crippen LogP contribution in [0.2, 0.25) is 0 Å². The fourth-order valence-corrected chi connectivity index (χ4v) is 1.42. The van der Waals surface area contributed by atoms with E-state index >= 15 is 0 Å². The third kappa shape index (κ3) is 58.4. The molecule has 23 heavy (non-hydrogen) atoms. The van der Waals surface area contributed by atoms with Crippen molar-refractivity contribution in [3.05, 3.63) is 20.8 Å². The molecule has 6 radical (unpaired) electrons. The van der Waals surface area contributed by atoms with Gasteiger partial charge in [-0.2, -0.15) is 0 Å². The van der Waals surface area contributed by atoms with Crippen molar-refractivity contribution in [2.75, 3.05) is 0 Å². The molecule has 1 fully saturated rings. The van der Waals surface area contributed by atoms with Crippen LogP contribution in [0.5, 0.6) is 0 Å². The number of ketones is 3. The third-order valence-corrected chi connectivity index (χ3v) is 2.06. The van der Waals surface area contributed by atoms with Crippen LogP contribution < -0.4 is 0 Å². The van der Waals surface area contributed by atoms with Crippen LogP contribution in [0.4, 0.5) is 0 Å². The molecule has 1 aliphatic rings. The van der Waals surface area contributed by atoms with Crippen molar-refractivity contribution in [2.24, 2.45) is 5.92 Å². The van der Waals surface area contributed by atoms with Gasteiger partial charge in [0.05, 0.1) is 0 Å². The van der Waals surface area contributed by atoms with Crippen LogP contribution in [0, 0.1) is 26.7 Å². The molecule has 0 amide bonds. The summed E-state index contributed by atoms with van der Waals surface area (Å²) in [6.45, 7) is 12.3. The van der Waals surface area contributed by atoms with E-state index in [0.29, 0.717) is 5.92 Å². The fourth-order valence-electron chi connectivity index (χ4n) is 1.42. The molecule has 1 rings (SSSR count). The summed E-state index contributed by atoms with van der Waals surface area (Å²) in [4.78, 5) is 29.4. The normalized spacial score (nSPS) is 10.7. The van der Waals surface area contributed by atoms with Crippen molar-refractivity contribution in [3.8, 4) is 0 Å². The van der Waals surface area contributed by atoms with Crippen molar-refractivity contribution in [1.29, 1.82) is 0 Å². The van der Waals surface area contributed by atoms with Crippen molar-refractivity contribution >= 4 is 17.3 Å². The van der Waals surface area contributed by atoms with Crippen molar-refractivity contribution in [2.45, 2.75) is 46.0 Å². The summed E-state index contributed by atoms with van der Waals surface area (Å²) >= 11 is 0. The summed E-state index contributed by atoms with van der Waals surface area (Å²) < 4.78 is 0. The van der Waals surface area contributed by atoms with Crippen molar-refractivity contribution in [3.63, 3.8) is 0 Å². The summed E-state index contributed by atoms with van der Waals surface area (Å²) in [5.41, 5.74) is 0. The first-order valence-electron chi connectivity index (χ1n) is 5.78. The Bertz CT molecular complexity index is 237. The quantitative estimate of drug-likeness (QED) is 0.386. The van der Waals surface area contributed by atoms with E-state index in [-0.39, 0.29) is 214 Å². The average Bonchev–Trinajstić information content (AvgIpc) is 2.17. The van der Waals surface area contributed by atoms with Gasteiger partial charge < -0.3 is 35.2 Å². The zero-order valence-corrected chi connectivity index (χ0v) is 31.5. The van der Waals surface area contributed by atoms with E-state index < -0.39 is 0 Å². The van der Waals surface area contributed by atoms with Crippen LogP contribution in [-0.4, -0.2) is 17.3 Å². The Labute approximate surface area is 293 Å². The summed E-state index contributed by atoms with van der Waals surface area (Å²) in [6.07, 6.45) is 5.94. The van der Waals surface area contributed by atoms with Gasteiger partial charge in [-0.1, -0.05) is 19.3 Å². The third-order valence-electron chi connectivity index (χ3n) is 2.06. The van der Waals surface area contributed by atoms with Gasteiger partial charge in [0.1, 0.15) is 0 Å². The van der Waals surface area contributed by atoms with Crippen LogP contribution >= 0.6 is 0 Å². The topological polar surface area (TPSA) is 51.2 Å². The second-order valence-corrected chi connectivity index (χ2v) is 4.21. The van der Waals surface area contributed by atoms with Gasteiger partial charge in [0.25, 0.3) is 0 Å². The minimum absolute atomic E-state index is 0. The van der Waals surface area contributed by atoms with Crippen LogP contribution in [-0.2, 0) is 211 Å². The first-order valence-corrected chi connectivity index (χ1v) is 5.78. The number of rotatable bonds is 1. The average molecular weight is 773 g/mol. The maximum absolute atomic E-state index is 10.7. The largest absolute Gasteiger partial charge is 0.340 e. The standard InChI is InChI=1S/C8H13O.2C3H5O.6Y/c1-7(9)8-5-3-2-4-6-8;2*1-3(2)4;;;;;;/h8H,1-6H2;2*1H2,2H3;;;;;;/q3*-1;;;;;;. The predicted molar refractivity (Wildman–Crippen MR) is 69.0 cm³/mol. The molecule has 1 aliphatic carbocycles. The Kier molecular flexibility index (Phi) is 84.3. The fraction of sp³-hybridized carbons (Fsp3) is 0.571. The van der Waals surface area contributed by atoms with E-state index in [2.05, 4.69) is 20.8 Å². The number of hydrogen-bond acceptors (Lipinski definition) is 3. The zero-order valence-electron chi connectivity index (χ0n) is 14.4. The van der Waals surface area contributed by atoms with Gasteiger partial charge >= 0.3 is 0 Å². The molecule has 0 aromatic heterocycles. The molecule has 118 valence electrons. The molecule has 0 atom stereocenters. The van der Waals surface area contributed by atoms with Gasteiger partial charge in [0.15, 0.2) is 0 Å². The molecule has 0 spiro atoms. The summed E-state index contributed by atoms with van der Waals surface area (Å²) in [6, 6.07) is 0. The minimum Gasteiger partial charge on any atom is -0.340 e. The maximum Gasteiger partial charge on any atom is 0 e. The van der Waals surface area contributed by atoms with Crippen molar-refractivity contribution < 1.29 is 211 Å². The number of hydrogen-bond donors (Lipinski definition) is 0. The second-order valence-electron chi connectivity index (χ2n) is 4.21.